The predicted molar refractivity (Wildman–Crippen MR) is 69.7 cm³/mol. The Hall–Kier alpha value is -1.17. The fraction of sp³-hybridized carbons (Fsp3) is 0.250. The van der Waals surface area contributed by atoms with E-state index in [2.05, 4.69) is 38.5 Å². The van der Waals surface area contributed by atoms with Crippen LogP contribution in [0.2, 0.25) is 0 Å². The van der Waals surface area contributed by atoms with Gasteiger partial charge < -0.3 is 11.1 Å². The highest BCUT2D eigenvalue weighted by Gasteiger charge is 2.21. The number of hydrogen-bond donors (Lipinski definition) is 2. The van der Waals surface area contributed by atoms with Gasteiger partial charge in [-0.2, -0.15) is 5.10 Å². The summed E-state index contributed by atoms with van der Waals surface area (Å²) in [5.74, 6) is 0. The van der Waals surface area contributed by atoms with Gasteiger partial charge in [-0.25, -0.2) is 4.68 Å². The number of rotatable bonds is 2. The minimum atomic E-state index is 0.494. The van der Waals surface area contributed by atoms with Crippen LogP contribution in [-0.2, 0) is 19.6 Å². The Morgan fingerprint density at radius 1 is 1.29 bits per heavy atom. The van der Waals surface area contributed by atoms with Crippen molar-refractivity contribution in [2.75, 3.05) is 0 Å². The predicted octanol–water partition coefficient (Wildman–Crippen LogP) is 1.70. The third-order valence-electron chi connectivity index (χ3n) is 3.03. The van der Waals surface area contributed by atoms with Crippen molar-refractivity contribution in [2.24, 2.45) is 5.73 Å². The highest BCUT2D eigenvalue weighted by Crippen LogP contribution is 2.23. The summed E-state index contributed by atoms with van der Waals surface area (Å²) in [6, 6.07) is 8.15. The Kier molecular flexibility index (Phi) is 2.74. The van der Waals surface area contributed by atoms with E-state index in [1.165, 1.54) is 11.3 Å². The molecule has 3 N–H and O–H groups in total. The summed E-state index contributed by atoms with van der Waals surface area (Å²) in [5.41, 5.74) is 10.3. The minimum Gasteiger partial charge on any atom is -0.325 e. The number of fused-ring (bicyclic) bond motifs is 1. The van der Waals surface area contributed by atoms with Crippen LogP contribution in [0.15, 0.2) is 28.7 Å². The molecule has 4 nitrogen and oxygen atoms in total. The molecular weight excluding hydrogens is 280 g/mol. The molecule has 88 valence electrons. The summed E-state index contributed by atoms with van der Waals surface area (Å²) in [7, 11) is 0. The molecule has 0 atom stereocenters. The summed E-state index contributed by atoms with van der Waals surface area (Å²) >= 11 is 3.44. The fourth-order valence-corrected chi connectivity index (χ4v) is 2.45. The van der Waals surface area contributed by atoms with Crippen molar-refractivity contribution in [3.63, 3.8) is 0 Å². The summed E-state index contributed by atoms with van der Waals surface area (Å²) in [5, 5.41) is 7.92. The van der Waals surface area contributed by atoms with Crippen molar-refractivity contribution in [3.05, 3.63) is 45.7 Å². The average Bonchev–Trinajstić information content (AvgIpc) is 2.91. The normalized spacial score (nSPS) is 14.0. The smallest absolute Gasteiger partial charge is 0.0813 e. The molecule has 0 radical (unpaired) electrons. The molecule has 0 spiro atoms. The molecule has 2 aromatic rings. The number of halogens is 1. The van der Waals surface area contributed by atoms with Gasteiger partial charge in [0.25, 0.3) is 0 Å². The van der Waals surface area contributed by atoms with Crippen LogP contribution in [0.3, 0.4) is 0 Å². The van der Waals surface area contributed by atoms with Crippen molar-refractivity contribution in [1.82, 2.24) is 15.1 Å². The number of nitrogens with two attached hydrogens (primary N) is 1. The van der Waals surface area contributed by atoms with Gasteiger partial charge in [0, 0.05) is 29.7 Å². The van der Waals surface area contributed by atoms with Crippen LogP contribution in [0.1, 0.15) is 17.0 Å². The molecule has 1 aromatic carbocycles. The van der Waals surface area contributed by atoms with Crippen molar-refractivity contribution in [2.45, 2.75) is 19.6 Å². The van der Waals surface area contributed by atoms with E-state index in [0.29, 0.717) is 6.54 Å². The molecule has 0 saturated heterocycles. The second kappa shape index (κ2) is 4.25. The molecule has 0 aliphatic carbocycles. The minimum absolute atomic E-state index is 0.494. The number of aromatic nitrogens is 2. The molecule has 0 fully saturated rings. The van der Waals surface area contributed by atoms with Crippen LogP contribution >= 0.6 is 15.9 Å². The Morgan fingerprint density at radius 3 is 2.76 bits per heavy atom. The van der Waals surface area contributed by atoms with Gasteiger partial charge in [0.1, 0.15) is 0 Å². The fourth-order valence-electron chi connectivity index (χ4n) is 2.19. The van der Waals surface area contributed by atoms with Gasteiger partial charge in [-0.05, 0) is 24.3 Å². The average molecular weight is 293 g/mol. The highest BCUT2D eigenvalue weighted by molar-refractivity contribution is 9.10. The Balaban J connectivity index is 2.12. The zero-order chi connectivity index (χ0) is 11.8. The summed E-state index contributed by atoms with van der Waals surface area (Å²) in [4.78, 5) is 0. The van der Waals surface area contributed by atoms with Crippen LogP contribution in [0.5, 0.6) is 0 Å². The van der Waals surface area contributed by atoms with Crippen molar-refractivity contribution < 1.29 is 0 Å². The van der Waals surface area contributed by atoms with Gasteiger partial charge in [0.15, 0.2) is 0 Å². The molecule has 1 aliphatic heterocycles. The van der Waals surface area contributed by atoms with Crippen LogP contribution in [-0.4, -0.2) is 9.78 Å². The lowest BCUT2D eigenvalue weighted by atomic mass is 10.2. The van der Waals surface area contributed by atoms with Gasteiger partial charge >= 0.3 is 0 Å². The monoisotopic (exact) mass is 292 g/mol. The van der Waals surface area contributed by atoms with E-state index in [-0.39, 0.29) is 0 Å². The standard InChI is InChI=1S/C12H13BrN4/c13-8-1-3-9(4-2-8)17-12-7-15-6-10(12)11(5-14)16-17/h1-4,15H,5-7,14H2. The zero-order valence-electron chi connectivity index (χ0n) is 9.28. The molecule has 0 saturated carbocycles. The lowest BCUT2D eigenvalue weighted by molar-refractivity contribution is 0.697. The molecule has 0 unspecified atom stereocenters. The van der Waals surface area contributed by atoms with Gasteiger partial charge in [-0.3, -0.25) is 0 Å². The van der Waals surface area contributed by atoms with Crippen LogP contribution in [0.25, 0.3) is 5.69 Å². The van der Waals surface area contributed by atoms with E-state index in [0.717, 1.165) is 28.9 Å². The maximum absolute atomic E-state index is 5.73. The van der Waals surface area contributed by atoms with E-state index in [1.54, 1.807) is 0 Å². The summed E-state index contributed by atoms with van der Waals surface area (Å²) < 4.78 is 3.06. The first-order chi connectivity index (χ1) is 8.29. The third-order valence-corrected chi connectivity index (χ3v) is 3.56. The maximum atomic E-state index is 5.73. The molecule has 1 aromatic heterocycles. The van der Waals surface area contributed by atoms with Crippen molar-refractivity contribution >= 4 is 15.9 Å². The van der Waals surface area contributed by atoms with Gasteiger partial charge in [0.2, 0.25) is 0 Å². The van der Waals surface area contributed by atoms with E-state index in [1.807, 2.05) is 16.8 Å². The Morgan fingerprint density at radius 2 is 2.06 bits per heavy atom. The first kappa shape index (κ1) is 11.0. The van der Waals surface area contributed by atoms with Gasteiger partial charge in [-0.1, -0.05) is 15.9 Å². The molecule has 5 heteroatoms. The number of benzene rings is 1. The Labute approximate surface area is 108 Å². The van der Waals surface area contributed by atoms with Crippen LogP contribution in [0.4, 0.5) is 0 Å². The molecule has 3 rings (SSSR count). The van der Waals surface area contributed by atoms with E-state index < -0.39 is 0 Å². The SMILES string of the molecule is NCc1nn(-c2ccc(Br)cc2)c2c1CNC2. The summed E-state index contributed by atoms with van der Waals surface area (Å²) in [6.45, 7) is 2.23. The molecule has 1 aliphatic rings. The highest BCUT2D eigenvalue weighted by atomic mass is 79.9. The molecule has 2 heterocycles. The first-order valence-corrected chi connectivity index (χ1v) is 6.35. The van der Waals surface area contributed by atoms with Gasteiger partial charge in [0.05, 0.1) is 17.1 Å². The van der Waals surface area contributed by atoms with Gasteiger partial charge in [-0.15, -0.1) is 0 Å². The maximum Gasteiger partial charge on any atom is 0.0813 e. The van der Waals surface area contributed by atoms with E-state index in [9.17, 15) is 0 Å². The largest absolute Gasteiger partial charge is 0.325 e. The summed E-state index contributed by atoms with van der Waals surface area (Å²) in [6.07, 6.45) is 0. The lowest BCUT2D eigenvalue weighted by Gasteiger charge is -2.05. The molecule has 17 heavy (non-hydrogen) atoms. The quantitative estimate of drug-likeness (QED) is 0.886. The first-order valence-electron chi connectivity index (χ1n) is 5.56. The van der Waals surface area contributed by atoms with Crippen LogP contribution in [0, 0.1) is 0 Å². The molecular formula is C12H13BrN4. The molecule has 0 amide bonds. The number of nitrogens with zero attached hydrogens (tertiary/aromatic N) is 2. The third kappa shape index (κ3) is 1.80. The van der Waals surface area contributed by atoms with Crippen molar-refractivity contribution in [3.8, 4) is 5.69 Å². The lowest BCUT2D eigenvalue weighted by Crippen LogP contribution is -2.09. The van der Waals surface area contributed by atoms with Crippen LogP contribution < -0.4 is 11.1 Å². The second-order valence-electron chi connectivity index (χ2n) is 4.07. The van der Waals surface area contributed by atoms with E-state index >= 15 is 0 Å². The zero-order valence-corrected chi connectivity index (χ0v) is 10.9. The molecule has 0 bridgehead atoms. The Bertz CT molecular complexity index is 544. The number of nitrogens with one attached hydrogen (secondary N) is 1. The number of hydrogen-bond acceptors (Lipinski definition) is 3. The second-order valence-corrected chi connectivity index (χ2v) is 4.98. The van der Waals surface area contributed by atoms with E-state index in [4.69, 9.17) is 5.73 Å². The van der Waals surface area contributed by atoms with Crippen molar-refractivity contribution in [1.29, 1.82) is 0 Å². The topological polar surface area (TPSA) is 55.9 Å².